The number of esters is 1. The van der Waals surface area contributed by atoms with Gasteiger partial charge in [-0.3, -0.25) is 14.4 Å². The number of anilines is 1. The van der Waals surface area contributed by atoms with Crippen molar-refractivity contribution in [1.29, 1.82) is 0 Å². The molecule has 1 aromatic heterocycles. The summed E-state index contributed by atoms with van der Waals surface area (Å²) >= 11 is 0. The van der Waals surface area contributed by atoms with Crippen LogP contribution in [0.15, 0.2) is 6.58 Å². The van der Waals surface area contributed by atoms with Crippen molar-refractivity contribution in [2.75, 3.05) is 32.6 Å². The van der Waals surface area contributed by atoms with Gasteiger partial charge in [0.15, 0.2) is 5.82 Å². The molecule has 0 bridgehead atoms. The summed E-state index contributed by atoms with van der Waals surface area (Å²) in [6.45, 7) is 5.74. The van der Waals surface area contributed by atoms with Crippen LogP contribution < -0.4 is 4.90 Å². The fraction of sp³-hybridized carbons (Fsp3) is 0.429. The first kappa shape index (κ1) is 17.4. The highest BCUT2D eigenvalue weighted by atomic mass is 16.5. The molecule has 0 saturated heterocycles. The lowest BCUT2D eigenvalue weighted by Crippen LogP contribution is -2.25. The Balaban J connectivity index is 3.12. The van der Waals surface area contributed by atoms with Crippen molar-refractivity contribution in [3.05, 3.63) is 18.1 Å². The van der Waals surface area contributed by atoms with Crippen molar-refractivity contribution in [3.63, 3.8) is 0 Å². The summed E-state index contributed by atoms with van der Waals surface area (Å²) in [5.41, 5.74) is 0.524. The third-order valence-electron chi connectivity index (χ3n) is 2.79. The highest BCUT2D eigenvalue weighted by Gasteiger charge is 2.23. The first-order valence-corrected chi connectivity index (χ1v) is 6.65. The standard InChI is InChI=1S/C14H20N4O4/c1-6-22-10(20)7-9(2)12-15-11(14(21)17(3)4)13(16-12)18(5)8-19/h8H,2,6-7H2,1,3-5H3,(H,15,16). The molecule has 0 unspecified atom stereocenters. The van der Waals surface area contributed by atoms with Crippen molar-refractivity contribution in [2.24, 2.45) is 0 Å². The average molecular weight is 308 g/mol. The number of nitrogens with zero attached hydrogens (tertiary/aromatic N) is 3. The van der Waals surface area contributed by atoms with Crippen LogP contribution in [0.4, 0.5) is 5.82 Å². The summed E-state index contributed by atoms with van der Waals surface area (Å²) in [4.78, 5) is 44.1. The number of hydrogen-bond acceptors (Lipinski definition) is 5. The molecule has 0 aliphatic rings. The number of rotatable bonds is 7. The van der Waals surface area contributed by atoms with Gasteiger partial charge in [0, 0.05) is 21.1 Å². The van der Waals surface area contributed by atoms with Crippen molar-refractivity contribution in [1.82, 2.24) is 14.9 Å². The Morgan fingerprint density at radius 2 is 2.00 bits per heavy atom. The summed E-state index contributed by atoms with van der Waals surface area (Å²) in [5, 5.41) is 0. The zero-order valence-electron chi connectivity index (χ0n) is 13.2. The molecule has 22 heavy (non-hydrogen) atoms. The fourth-order valence-corrected chi connectivity index (χ4v) is 1.68. The average Bonchev–Trinajstić information content (AvgIpc) is 2.90. The third kappa shape index (κ3) is 3.94. The number of aromatic amines is 1. The molecule has 1 aromatic rings. The molecule has 1 heterocycles. The normalized spacial score (nSPS) is 10.0. The number of imidazole rings is 1. The van der Waals surface area contributed by atoms with Gasteiger partial charge in [-0.2, -0.15) is 0 Å². The summed E-state index contributed by atoms with van der Waals surface area (Å²) in [6, 6.07) is 0. The van der Waals surface area contributed by atoms with E-state index in [2.05, 4.69) is 16.5 Å². The van der Waals surface area contributed by atoms with Gasteiger partial charge >= 0.3 is 5.97 Å². The van der Waals surface area contributed by atoms with E-state index < -0.39 is 5.97 Å². The van der Waals surface area contributed by atoms with Crippen LogP contribution in [0.5, 0.6) is 0 Å². The van der Waals surface area contributed by atoms with E-state index in [4.69, 9.17) is 4.74 Å². The minimum absolute atomic E-state index is 0.0544. The van der Waals surface area contributed by atoms with E-state index in [1.165, 1.54) is 16.8 Å². The van der Waals surface area contributed by atoms with E-state index in [9.17, 15) is 14.4 Å². The molecule has 0 radical (unpaired) electrons. The second kappa shape index (κ2) is 7.39. The van der Waals surface area contributed by atoms with Crippen LogP contribution in [-0.4, -0.2) is 60.9 Å². The van der Waals surface area contributed by atoms with Gasteiger partial charge < -0.3 is 19.5 Å². The molecule has 1 rings (SSSR count). The van der Waals surface area contributed by atoms with Crippen LogP contribution in [0.1, 0.15) is 29.7 Å². The van der Waals surface area contributed by atoms with Crippen molar-refractivity contribution in [2.45, 2.75) is 13.3 Å². The molecule has 120 valence electrons. The summed E-state index contributed by atoms with van der Waals surface area (Å²) < 4.78 is 4.84. The lowest BCUT2D eigenvalue weighted by Gasteiger charge is -2.12. The lowest BCUT2D eigenvalue weighted by molar-refractivity contribution is -0.141. The van der Waals surface area contributed by atoms with Gasteiger partial charge in [-0.1, -0.05) is 6.58 Å². The fourth-order valence-electron chi connectivity index (χ4n) is 1.68. The minimum atomic E-state index is -0.435. The molecule has 0 spiro atoms. The number of nitrogens with one attached hydrogen (secondary N) is 1. The quantitative estimate of drug-likeness (QED) is 0.590. The predicted octanol–water partition coefficient (Wildman–Crippen LogP) is 0.670. The smallest absolute Gasteiger partial charge is 0.310 e. The molecular formula is C14H20N4O4. The zero-order valence-corrected chi connectivity index (χ0v) is 13.2. The number of ether oxygens (including phenoxy) is 1. The second-order valence-corrected chi connectivity index (χ2v) is 4.79. The number of H-pyrrole nitrogens is 1. The Bertz CT molecular complexity index is 592. The van der Waals surface area contributed by atoms with Gasteiger partial charge in [0.25, 0.3) is 5.91 Å². The highest BCUT2D eigenvalue weighted by Crippen LogP contribution is 2.22. The molecule has 0 fully saturated rings. The van der Waals surface area contributed by atoms with E-state index in [0.29, 0.717) is 12.0 Å². The van der Waals surface area contributed by atoms with Gasteiger partial charge in [-0.05, 0) is 12.5 Å². The molecule has 8 heteroatoms. The Morgan fingerprint density at radius 1 is 1.36 bits per heavy atom. The zero-order chi connectivity index (χ0) is 16.9. The third-order valence-corrected chi connectivity index (χ3v) is 2.79. The first-order chi connectivity index (χ1) is 10.3. The van der Waals surface area contributed by atoms with E-state index in [1.54, 1.807) is 21.0 Å². The molecule has 0 aliphatic heterocycles. The van der Waals surface area contributed by atoms with Gasteiger partial charge in [-0.15, -0.1) is 0 Å². The Kier molecular flexibility index (Phi) is 5.85. The van der Waals surface area contributed by atoms with Crippen molar-refractivity contribution >= 4 is 29.7 Å². The number of aromatic nitrogens is 2. The second-order valence-electron chi connectivity index (χ2n) is 4.79. The summed E-state index contributed by atoms with van der Waals surface area (Å²) in [5.74, 6) is -0.336. The predicted molar refractivity (Wildman–Crippen MR) is 81.4 cm³/mol. The van der Waals surface area contributed by atoms with Crippen LogP contribution >= 0.6 is 0 Å². The van der Waals surface area contributed by atoms with Crippen molar-refractivity contribution in [3.8, 4) is 0 Å². The van der Waals surface area contributed by atoms with Crippen molar-refractivity contribution < 1.29 is 19.1 Å². The van der Waals surface area contributed by atoms with E-state index in [1.807, 2.05) is 0 Å². The van der Waals surface area contributed by atoms with Crippen LogP contribution in [0, 0.1) is 0 Å². The SMILES string of the molecule is C=C(CC(=O)OCC)c1nc(N(C)C=O)c(C(=O)N(C)C)[nH]1. The van der Waals surface area contributed by atoms with Crippen LogP contribution in [0.3, 0.4) is 0 Å². The molecule has 0 atom stereocenters. The molecule has 8 nitrogen and oxygen atoms in total. The Labute approximate surface area is 128 Å². The molecule has 0 aliphatic carbocycles. The molecule has 2 amide bonds. The van der Waals surface area contributed by atoms with Gasteiger partial charge in [0.05, 0.1) is 13.0 Å². The van der Waals surface area contributed by atoms with Gasteiger partial charge in [0.2, 0.25) is 6.41 Å². The topological polar surface area (TPSA) is 95.6 Å². The highest BCUT2D eigenvalue weighted by molar-refractivity contribution is 5.99. The number of amides is 2. The van der Waals surface area contributed by atoms with Crippen LogP contribution in [0.25, 0.3) is 5.57 Å². The molecule has 0 aromatic carbocycles. The lowest BCUT2D eigenvalue weighted by atomic mass is 10.2. The molecule has 0 saturated carbocycles. The first-order valence-electron chi connectivity index (χ1n) is 6.65. The monoisotopic (exact) mass is 308 g/mol. The Hall–Kier alpha value is -2.64. The van der Waals surface area contributed by atoms with E-state index >= 15 is 0 Å². The Morgan fingerprint density at radius 3 is 2.50 bits per heavy atom. The summed E-state index contributed by atoms with van der Waals surface area (Å²) in [7, 11) is 4.65. The van der Waals surface area contributed by atoms with E-state index in [0.717, 1.165) is 0 Å². The number of carbonyl (C=O) groups excluding carboxylic acids is 3. The van der Waals surface area contributed by atoms with Crippen LogP contribution in [0.2, 0.25) is 0 Å². The van der Waals surface area contributed by atoms with E-state index in [-0.39, 0.29) is 36.3 Å². The largest absolute Gasteiger partial charge is 0.466 e. The maximum atomic E-state index is 12.1. The van der Waals surface area contributed by atoms with Gasteiger partial charge in [0.1, 0.15) is 11.5 Å². The summed E-state index contributed by atoms with van der Waals surface area (Å²) in [6.07, 6.45) is 0.488. The molecule has 1 N–H and O–H groups in total. The van der Waals surface area contributed by atoms with Crippen LogP contribution in [-0.2, 0) is 14.3 Å². The molecular weight excluding hydrogens is 288 g/mol. The number of hydrogen-bond donors (Lipinski definition) is 1. The number of carbonyl (C=O) groups is 3. The van der Waals surface area contributed by atoms with Gasteiger partial charge in [-0.25, -0.2) is 4.98 Å². The maximum Gasteiger partial charge on any atom is 0.310 e. The maximum absolute atomic E-state index is 12.1. The minimum Gasteiger partial charge on any atom is -0.466 e.